The lowest BCUT2D eigenvalue weighted by Crippen LogP contribution is -2.54. The number of Topliss-reactive ketones (excluding diaryl/α,β-unsaturated/α-hetero) is 1. The van der Waals surface area contributed by atoms with Crippen molar-refractivity contribution in [2.24, 2.45) is 17.3 Å². The van der Waals surface area contributed by atoms with Gasteiger partial charge in [-0.25, -0.2) is 9.37 Å². The molecular weight excluding hydrogens is 469 g/mol. The van der Waals surface area contributed by atoms with E-state index in [9.17, 15) is 24.2 Å². The van der Waals surface area contributed by atoms with E-state index in [1.165, 1.54) is 0 Å². The molecule has 8 heteroatoms. The zero-order valence-electron chi connectivity index (χ0n) is 21.1. The SMILES string of the molecule is CCc1nc(/C=C(\C)[C@@H]2C/C=C(/CF)CCC[C@@H]3C[C@@](C)(C(=O)[C@H](C)[C@H]3O)[C@@H](O)CC(=O)O2)cs1. The maximum absolute atomic E-state index is 13.8. The fraction of sp³-hybridized carbons (Fsp3) is 0.667. The summed E-state index contributed by atoms with van der Waals surface area (Å²) in [6.07, 6.45) is 3.94. The fourth-order valence-electron chi connectivity index (χ4n) is 5.31. The third-order valence-electron chi connectivity index (χ3n) is 7.65. The first-order chi connectivity index (χ1) is 16.6. The van der Waals surface area contributed by atoms with E-state index in [1.807, 2.05) is 25.3 Å². The van der Waals surface area contributed by atoms with E-state index in [0.29, 0.717) is 31.3 Å². The number of carbonyl (C=O) groups excluding carboxylic acids is 2. The van der Waals surface area contributed by atoms with Crippen LogP contribution >= 0.6 is 11.3 Å². The molecule has 1 aliphatic heterocycles. The fourth-order valence-corrected chi connectivity index (χ4v) is 6.01. The van der Waals surface area contributed by atoms with E-state index in [2.05, 4.69) is 4.98 Å². The highest BCUT2D eigenvalue weighted by atomic mass is 32.1. The number of aliphatic hydroxyl groups excluding tert-OH is 2. The predicted octanol–water partition coefficient (Wildman–Crippen LogP) is 4.83. The normalized spacial score (nSPS) is 35.1. The van der Waals surface area contributed by atoms with Gasteiger partial charge in [0.15, 0.2) is 0 Å². The highest BCUT2D eigenvalue weighted by Gasteiger charge is 2.51. The van der Waals surface area contributed by atoms with Crippen molar-refractivity contribution < 1.29 is 28.9 Å². The van der Waals surface area contributed by atoms with E-state index in [1.54, 1.807) is 31.3 Å². The van der Waals surface area contributed by atoms with Crippen LogP contribution in [0.15, 0.2) is 22.6 Å². The Morgan fingerprint density at radius 1 is 1.37 bits per heavy atom. The molecule has 2 aliphatic rings. The number of thiazole rings is 1. The Balaban J connectivity index is 1.90. The minimum absolute atomic E-state index is 0.203. The van der Waals surface area contributed by atoms with Crippen LogP contribution in [0.2, 0.25) is 0 Å². The number of nitrogens with zero attached hydrogens (tertiary/aromatic N) is 1. The topological polar surface area (TPSA) is 96.7 Å². The molecule has 6 atom stereocenters. The number of alkyl halides is 1. The minimum atomic E-state index is -1.21. The van der Waals surface area contributed by atoms with Gasteiger partial charge in [0.2, 0.25) is 0 Å². The Morgan fingerprint density at radius 3 is 2.77 bits per heavy atom. The van der Waals surface area contributed by atoms with Gasteiger partial charge >= 0.3 is 5.97 Å². The van der Waals surface area contributed by atoms with Gasteiger partial charge in [-0.05, 0) is 62.2 Å². The van der Waals surface area contributed by atoms with Crippen LogP contribution in [-0.2, 0) is 20.7 Å². The predicted molar refractivity (Wildman–Crippen MR) is 135 cm³/mol. The van der Waals surface area contributed by atoms with E-state index >= 15 is 0 Å². The number of fused-ring (bicyclic) bond motifs is 2. The second-order valence-corrected chi connectivity index (χ2v) is 11.2. The summed E-state index contributed by atoms with van der Waals surface area (Å²) in [7, 11) is 0. The number of halogens is 1. The van der Waals surface area contributed by atoms with Gasteiger partial charge in [-0.15, -0.1) is 11.3 Å². The Hall–Kier alpha value is -1.90. The molecule has 3 rings (SSSR count). The van der Waals surface area contributed by atoms with Crippen molar-refractivity contribution in [2.75, 3.05) is 6.67 Å². The van der Waals surface area contributed by atoms with Gasteiger partial charge in [-0.2, -0.15) is 0 Å². The smallest absolute Gasteiger partial charge is 0.309 e. The van der Waals surface area contributed by atoms with Crippen LogP contribution < -0.4 is 0 Å². The van der Waals surface area contributed by atoms with Crippen molar-refractivity contribution in [3.05, 3.63) is 33.3 Å². The molecule has 0 radical (unpaired) electrons. The molecule has 194 valence electrons. The largest absolute Gasteiger partial charge is 0.457 e. The molecular formula is C27H38FNO5S. The van der Waals surface area contributed by atoms with Crippen molar-refractivity contribution in [1.82, 2.24) is 4.98 Å². The summed E-state index contributed by atoms with van der Waals surface area (Å²) < 4.78 is 19.5. The van der Waals surface area contributed by atoms with Gasteiger partial charge in [-0.3, -0.25) is 9.59 Å². The lowest BCUT2D eigenvalue weighted by atomic mass is 9.60. The molecule has 2 heterocycles. The van der Waals surface area contributed by atoms with Gasteiger partial charge in [0, 0.05) is 17.7 Å². The lowest BCUT2D eigenvalue weighted by molar-refractivity contribution is -0.161. The molecule has 2 bridgehead atoms. The summed E-state index contributed by atoms with van der Waals surface area (Å²) in [6, 6.07) is 0. The summed E-state index contributed by atoms with van der Waals surface area (Å²) in [5, 5.41) is 24.7. The second-order valence-electron chi connectivity index (χ2n) is 10.3. The number of aromatic nitrogens is 1. The molecule has 1 aromatic rings. The van der Waals surface area contributed by atoms with E-state index < -0.39 is 42.3 Å². The van der Waals surface area contributed by atoms with Crippen LogP contribution in [0, 0.1) is 17.3 Å². The van der Waals surface area contributed by atoms with E-state index in [-0.39, 0.29) is 24.5 Å². The molecule has 6 nitrogen and oxygen atoms in total. The van der Waals surface area contributed by atoms with Crippen molar-refractivity contribution >= 4 is 29.2 Å². The maximum atomic E-state index is 13.8. The third kappa shape index (κ3) is 6.46. The first kappa shape index (κ1) is 27.7. The van der Waals surface area contributed by atoms with Gasteiger partial charge in [0.1, 0.15) is 18.6 Å². The van der Waals surface area contributed by atoms with Crippen molar-refractivity contribution in [1.29, 1.82) is 0 Å². The van der Waals surface area contributed by atoms with E-state index in [0.717, 1.165) is 22.7 Å². The van der Waals surface area contributed by atoms with Crippen LogP contribution in [-0.4, -0.2) is 51.9 Å². The number of cyclic esters (lactones) is 1. The molecule has 1 fully saturated rings. The number of carbonyl (C=O) groups is 2. The summed E-state index contributed by atoms with van der Waals surface area (Å²) in [6.45, 7) is 6.65. The quantitative estimate of drug-likeness (QED) is 0.447. The summed E-state index contributed by atoms with van der Waals surface area (Å²) in [5.74, 6) is -1.69. The number of rotatable bonds is 4. The molecule has 0 aromatic carbocycles. The molecule has 2 N–H and O–H groups in total. The van der Waals surface area contributed by atoms with Gasteiger partial charge < -0.3 is 14.9 Å². The molecule has 0 unspecified atom stereocenters. The highest BCUT2D eigenvalue weighted by molar-refractivity contribution is 7.09. The zero-order chi connectivity index (χ0) is 25.8. The molecule has 1 saturated carbocycles. The van der Waals surface area contributed by atoms with Gasteiger partial charge in [-0.1, -0.05) is 26.8 Å². The molecule has 0 spiro atoms. The molecule has 1 aliphatic carbocycles. The number of aryl methyl sites for hydroxylation is 1. The number of ether oxygens (including phenoxy) is 1. The van der Waals surface area contributed by atoms with Crippen LogP contribution in [0.5, 0.6) is 0 Å². The van der Waals surface area contributed by atoms with Gasteiger partial charge in [0.25, 0.3) is 0 Å². The minimum Gasteiger partial charge on any atom is -0.457 e. The number of aliphatic hydroxyl groups is 2. The summed E-state index contributed by atoms with van der Waals surface area (Å²) >= 11 is 1.57. The molecule has 35 heavy (non-hydrogen) atoms. The standard InChI is InChI=1S/C27H38FNO5S/c1-5-23-29-20(15-35-23)11-16(2)21-10-9-18(14-28)7-6-8-19-13-27(4,22(30)12-24(31)34-21)26(33)17(3)25(19)32/h9,11,15,17,19,21-22,25,30,32H,5-8,10,12-14H2,1-4H3/b16-11+,18-9+/t17-,19-,21+,22+,25-,27-/m1/s1. The van der Waals surface area contributed by atoms with Crippen molar-refractivity contribution in [3.8, 4) is 0 Å². The van der Waals surface area contributed by atoms with Gasteiger partial charge in [0.05, 0.1) is 34.7 Å². The Kier molecular flexibility index (Phi) is 9.40. The van der Waals surface area contributed by atoms with Crippen LogP contribution in [0.3, 0.4) is 0 Å². The highest BCUT2D eigenvalue weighted by Crippen LogP contribution is 2.44. The number of hydrogen-bond donors (Lipinski definition) is 2. The average molecular weight is 508 g/mol. The third-order valence-corrected chi connectivity index (χ3v) is 8.66. The first-order valence-electron chi connectivity index (χ1n) is 12.5. The van der Waals surface area contributed by atoms with Crippen LogP contribution in [0.25, 0.3) is 6.08 Å². The lowest BCUT2D eigenvalue weighted by Gasteiger charge is -2.45. The summed E-state index contributed by atoms with van der Waals surface area (Å²) in [4.78, 5) is 30.5. The number of hydrogen-bond acceptors (Lipinski definition) is 7. The molecule has 0 amide bonds. The Morgan fingerprint density at radius 2 is 2.11 bits per heavy atom. The van der Waals surface area contributed by atoms with E-state index in [4.69, 9.17) is 4.74 Å². The maximum Gasteiger partial charge on any atom is 0.309 e. The van der Waals surface area contributed by atoms with Crippen LogP contribution in [0.1, 0.15) is 76.9 Å². The molecule has 1 aromatic heterocycles. The van der Waals surface area contributed by atoms with Crippen molar-refractivity contribution in [2.45, 2.75) is 91.0 Å². The zero-order valence-corrected chi connectivity index (χ0v) is 21.9. The second kappa shape index (κ2) is 11.9. The number of allylic oxidation sites excluding steroid dienone is 1. The molecule has 0 saturated heterocycles. The Labute approximate surface area is 211 Å². The number of ketones is 1. The van der Waals surface area contributed by atoms with Crippen LogP contribution in [0.4, 0.5) is 4.39 Å². The Bertz CT molecular complexity index is 973. The van der Waals surface area contributed by atoms with Crippen molar-refractivity contribution in [3.63, 3.8) is 0 Å². The summed E-state index contributed by atoms with van der Waals surface area (Å²) in [5.41, 5.74) is 1.05. The number of esters is 1. The monoisotopic (exact) mass is 507 g/mol. The average Bonchev–Trinajstić information content (AvgIpc) is 3.28. The first-order valence-corrected chi connectivity index (χ1v) is 13.4.